The van der Waals surface area contributed by atoms with E-state index in [4.69, 9.17) is 9.47 Å². The Morgan fingerprint density at radius 2 is 2.04 bits per heavy atom. The third-order valence-electron chi connectivity index (χ3n) is 7.43. The van der Waals surface area contributed by atoms with Gasteiger partial charge in [-0.05, 0) is 37.3 Å². The van der Waals surface area contributed by atoms with E-state index in [1.54, 1.807) is 0 Å². The first-order valence-corrected chi connectivity index (χ1v) is 10.5. The number of hydrogen-bond donors (Lipinski definition) is 1. The highest BCUT2D eigenvalue weighted by Crippen LogP contribution is 2.62. The second-order valence-electron chi connectivity index (χ2n) is 8.66. The van der Waals surface area contributed by atoms with Crippen molar-refractivity contribution >= 4 is 29.9 Å². The maximum absolute atomic E-state index is 6.11. The van der Waals surface area contributed by atoms with Gasteiger partial charge in [-0.3, -0.25) is 4.99 Å². The molecule has 154 valence electrons. The van der Waals surface area contributed by atoms with Crippen LogP contribution in [0.4, 0.5) is 0 Å². The molecule has 2 saturated carbocycles. The highest BCUT2D eigenvalue weighted by atomic mass is 127. The summed E-state index contributed by atoms with van der Waals surface area (Å²) < 4.78 is 12.2. The molecule has 2 saturated heterocycles. The van der Waals surface area contributed by atoms with Crippen molar-refractivity contribution in [2.24, 2.45) is 16.3 Å². The Labute approximate surface area is 185 Å². The number of aryl methyl sites for hydroxylation is 1. The van der Waals surface area contributed by atoms with E-state index in [9.17, 15) is 0 Å². The lowest BCUT2D eigenvalue weighted by atomic mass is 9.46. The van der Waals surface area contributed by atoms with Crippen LogP contribution in [0.5, 0.6) is 0 Å². The molecule has 1 N–H and O–H groups in total. The van der Waals surface area contributed by atoms with Crippen molar-refractivity contribution in [3.63, 3.8) is 0 Å². The molecule has 2 heterocycles. The molecule has 5 nitrogen and oxygen atoms in total. The van der Waals surface area contributed by atoms with Crippen molar-refractivity contribution in [2.75, 3.05) is 33.4 Å². The molecule has 2 aliphatic heterocycles. The van der Waals surface area contributed by atoms with E-state index in [2.05, 4.69) is 46.4 Å². The van der Waals surface area contributed by atoms with Crippen molar-refractivity contribution in [2.45, 2.75) is 50.9 Å². The number of morpholine rings is 1. The molecule has 0 amide bonds. The summed E-state index contributed by atoms with van der Waals surface area (Å²) in [5, 5.41) is 3.86. The first-order chi connectivity index (χ1) is 13.2. The van der Waals surface area contributed by atoms with Crippen LogP contribution in [0, 0.1) is 18.3 Å². The fraction of sp³-hybridized carbons (Fsp3) is 0.682. The zero-order chi connectivity index (χ0) is 18.4. The minimum Gasteiger partial charge on any atom is -0.377 e. The van der Waals surface area contributed by atoms with Crippen molar-refractivity contribution < 1.29 is 9.47 Å². The molecule has 0 bridgehead atoms. The molecule has 6 heteroatoms. The normalized spacial score (nSPS) is 33.5. The molecule has 28 heavy (non-hydrogen) atoms. The zero-order valence-electron chi connectivity index (χ0n) is 16.9. The number of hydrogen-bond acceptors (Lipinski definition) is 3. The molecule has 0 aromatic heterocycles. The lowest BCUT2D eigenvalue weighted by Crippen LogP contribution is -2.72. The standard InChI is InChI=1S/C22H31N3O2.HI/c1-15-6-3-4-7-16(15)18-14-25(11-13-26-18)21(23-2)24-19-17-8-12-27-20(17)22(19)9-5-10-22;/h3-4,6-7,17-20H,5,8-14H2,1-2H3,(H,23,24);1H. The maximum atomic E-state index is 6.11. The maximum Gasteiger partial charge on any atom is 0.194 e. The average molecular weight is 497 g/mol. The molecule has 4 aliphatic rings. The first kappa shape index (κ1) is 20.4. The van der Waals surface area contributed by atoms with Gasteiger partial charge < -0.3 is 19.7 Å². The van der Waals surface area contributed by atoms with E-state index in [1.807, 2.05) is 7.05 Å². The summed E-state index contributed by atoms with van der Waals surface area (Å²) in [6, 6.07) is 9.08. The van der Waals surface area contributed by atoms with Crippen LogP contribution in [0.1, 0.15) is 42.9 Å². The number of aliphatic imine (C=N–C) groups is 1. The first-order valence-electron chi connectivity index (χ1n) is 10.5. The number of fused-ring (bicyclic) bond motifs is 2. The number of nitrogens with one attached hydrogen (secondary N) is 1. The minimum absolute atomic E-state index is 0. The molecule has 4 fully saturated rings. The molecule has 4 unspecified atom stereocenters. The number of rotatable bonds is 2. The second kappa shape index (κ2) is 8.11. The van der Waals surface area contributed by atoms with Crippen LogP contribution in [-0.4, -0.2) is 56.4 Å². The Kier molecular flexibility index (Phi) is 5.91. The van der Waals surface area contributed by atoms with Crippen molar-refractivity contribution in [1.29, 1.82) is 0 Å². The Morgan fingerprint density at radius 1 is 1.21 bits per heavy atom. The summed E-state index contributed by atoms with van der Waals surface area (Å²) in [6.07, 6.45) is 5.74. The third kappa shape index (κ3) is 3.16. The highest BCUT2D eigenvalue weighted by molar-refractivity contribution is 14.0. The van der Waals surface area contributed by atoms with E-state index in [0.717, 1.165) is 32.3 Å². The predicted molar refractivity (Wildman–Crippen MR) is 121 cm³/mol. The van der Waals surface area contributed by atoms with Gasteiger partial charge in [-0.25, -0.2) is 0 Å². The van der Waals surface area contributed by atoms with Crippen LogP contribution in [0.3, 0.4) is 0 Å². The summed E-state index contributed by atoms with van der Waals surface area (Å²) in [7, 11) is 1.91. The minimum atomic E-state index is 0. The summed E-state index contributed by atoms with van der Waals surface area (Å²) in [6.45, 7) is 5.59. The SMILES string of the molecule is CN=C(NC1C2CCOC2C12CCC2)N1CCOC(c2ccccc2C)C1.I. The van der Waals surface area contributed by atoms with E-state index < -0.39 is 0 Å². The number of benzene rings is 1. The van der Waals surface area contributed by atoms with Crippen LogP contribution in [0.15, 0.2) is 29.3 Å². The number of halogens is 1. The van der Waals surface area contributed by atoms with Crippen LogP contribution < -0.4 is 5.32 Å². The zero-order valence-corrected chi connectivity index (χ0v) is 19.2. The Morgan fingerprint density at radius 3 is 2.75 bits per heavy atom. The lowest BCUT2D eigenvalue weighted by molar-refractivity contribution is -0.171. The molecular weight excluding hydrogens is 465 g/mol. The lowest BCUT2D eigenvalue weighted by Gasteiger charge is -2.63. The third-order valence-corrected chi connectivity index (χ3v) is 7.43. The number of ether oxygens (including phenoxy) is 2. The highest BCUT2D eigenvalue weighted by Gasteiger charge is 2.66. The summed E-state index contributed by atoms with van der Waals surface area (Å²) >= 11 is 0. The quantitative estimate of drug-likeness (QED) is 0.386. The van der Waals surface area contributed by atoms with Crippen molar-refractivity contribution in [3.8, 4) is 0 Å². The fourth-order valence-electron chi connectivity index (χ4n) is 5.87. The van der Waals surface area contributed by atoms with Gasteiger partial charge >= 0.3 is 0 Å². The van der Waals surface area contributed by atoms with E-state index >= 15 is 0 Å². The van der Waals surface area contributed by atoms with Gasteiger partial charge in [0.25, 0.3) is 0 Å². The summed E-state index contributed by atoms with van der Waals surface area (Å²) in [5.41, 5.74) is 2.96. The Bertz CT molecular complexity index is 736. The topological polar surface area (TPSA) is 46.1 Å². The number of nitrogens with zero attached hydrogens (tertiary/aromatic N) is 2. The molecule has 1 aromatic rings. The Balaban J connectivity index is 0.00000192. The van der Waals surface area contributed by atoms with Gasteiger partial charge in [-0.2, -0.15) is 0 Å². The number of guanidine groups is 1. The molecule has 2 aliphatic carbocycles. The molecule has 1 aromatic carbocycles. The van der Waals surface area contributed by atoms with Gasteiger partial charge in [0.2, 0.25) is 0 Å². The van der Waals surface area contributed by atoms with Crippen molar-refractivity contribution in [1.82, 2.24) is 10.2 Å². The van der Waals surface area contributed by atoms with Gasteiger partial charge in [0.15, 0.2) is 5.96 Å². The van der Waals surface area contributed by atoms with Crippen LogP contribution in [0.2, 0.25) is 0 Å². The van der Waals surface area contributed by atoms with Gasteiger partial charge in [0, 0.05) is 37.6 Å². The van der Waals surface area contributed by atoms with E-state index in [0.29, 0.717) is 23.5 Å². The fourth-order valence-corrected chi connectivity index (χ4v) is 5.87. The van der Waals surface area contributed by atoms with Crippen LogP contribution in [0.25, 0.3) is 0 Å². The molecule has 0 radical (unpaired) electrons. The van der Waals surface area contributed by atoms with Gasteiger partial charge in [-0.15, -0.1) is 24.0 Å². The molecule has 1 spiro atoms. The largest absolute Gasteiger partial charge is 0.377 e. The average Bonchev–Trinajstić information content (AvgIpc) is 3.07. The van der Waals surface area contributed by atoms with Gasteiger partial charge in [0.05, 0.1) is 19.3 Å². The predicted octanol–water partition coefficient (Wildman–Crippen LogP) is 3.52. The van der Waals surface area contributed by atoms with E-state index in [1.165, 1.54) is 36.8 Å². The van der Waals surface area contributed by atoms with Gasteiger partial charge in [0.1, 0.15) is 6.10 Å². The molecule has 5 rings (SSSR count). The van der Waals surface area contributed by atoms with Gasteiger partial charge in [-0.1, -0.05) is 30.7 Å². The van der Waals surface area contributed by atoms with Crippen LogP contribution >= 0.6 is 24.0 Å². The van der Waals surface area contributed by atoms with E-state index in [-0.39, 0.29) is 30.1 Å². The summed E-state index contributed by atoms with van der Waals surface area (Å²) in [4.78, 5) is 7.04. The Hall–Kier alpha value is -0.860. The molecular formula is C22H32IN3O2. The summed E-state index contributed by atoms with van der Waals surface area (Å²) in [5.74, 6) is 1.70. The van der Waals surface area contributed by atoms with Crippen LogP contribution in [-0.2, 0) is 9.47 Å². The monoisotopic (exact) mass is 497 g/mol. The smallest absolute Gasteiger partial charge is 0.194 e. The molecule has 4 atom stereocenters. The van der Waals surface area contributed by atoms with Crippen molar-refractivity contribution in [3.05, 3.63) is 35.4 Å². The second-order valence-corrected chi connectivity index (χ2v) is 8.66.